The summed E-state index contributed by atoms with van der Waals surface area (Å²) >= 11 is 1.85. The van der Waals surface area contributed by atoms with Crippen LogP contribution in [0.15, 0.2) is 66.1 Å². The number of allylic oxidation sites excluding steroid dienone is 1. The van der Waals surface area contributed by atoms with E-state index in [9.17, 15) is 0 Å². The Balaban J connectivity index is 1.32. The van der Waals surface area contributed by atoms with E-state index in [1.807, 2.05) is 42.1 Å². The molecule has 0 N–H and O–H groups in total. The second-order valence-electron chi connectivity index (χ2n) is 8.63. The highest BCUT2D eigenvalue weighted by Crippen LogP contribution is 2.46. The lowest BCUT2D eigenvalue weighted by Gasteiger charge is -2.26. The Hall–Kier alpha value is -2.63. The van der Waals surface area contributed by atoms with Gasteiger partial charge in [-0.2, -0.15) is 0 Å². The number of fused-ring (bicyclic) bond motifs is 1. The molecule has 172 valence electrons. The van der Waals surface area contributed by atoms with Crippen LogP contribution in [0, 0.1) is 0 Å². The molecule has 3 aromatic carbocycles. The van der Waals surface area contributed by atoms with E-state index in [2.05, 4.69) is 40.6 Å². The van der Waals surface area contributed by atoms with Gasteiger partial charge in [0.15, 0.2) is 0 Å². The van der Waals surface area contributed by atoms with Crippen LogP contribution in [0.4, 0.5) is 0 Å². The summed E-state index contributed by atoms with van der Waals surface area (Å²) in [6.07, 6.45) is 7.23. The molecular formula is C28H31NO3S. The molecule has 0 amide bonds. The van der Waals surface area contributed by atoms with Crippen LogP contribution in [0.2, 0.25) is 0 Å². The van der Waals surface area contributed by atoms with Gasteiger partial charge >= 0.3 is 0 Å². The van der Waals surface area contributed by atoms with E-state index in [1.54, 1.807) is 7.11 Å². The van der Waals surface area contributed by atoms with Crippen LogP contribution in [-0.2, 0) is 0 Å². The zero-order valence-electron chi connectivity index (χ0n) is 19.2. The lowest BCUT2D eigenvalue weighted by Crippen LogP contribution is -2.33. The maximum Gasteiger partial charge on any atom is 0.139 e. The molecule has 2 aliphatic heterocycles. The van der Waals surface area contributed by atoms with E-state index < -0.39 is 0 Å². The van der Waals surface area contributed by atoms with Crippen LogP contribution in [0.1, 0.15) is 36.5 Å². The van der Waals surface area contributed by atoms with Crippen LogP contribution in [-0.4, -0.2) is 38.3 Å². The predicted molar refractivity (Wildman–Crippen MR) is 137 cm³/mol. The second kappa shape index (κ2) is 10.5. The van der Waals surface area contributed by atoms with E-state index in [0.717, 1.165) is 53.3 Å². The Labute approximate surface area is 200 Å². The summed E-state index contributed by atoms with van der Waals surface area (Å²) in [7, 11) is 1.70. The largest absolute Gasteiger partial charge is 0.497 e. The van der Waals surface area contributed by atoms with E-state index in [1.165, 1.54) is 37.9 Å². The minimum atomic E-state index is 0.379. The van der Waals surface area contributed by atoms with Gasteiger partial charge in [-0.25, -0.2) is 0 Å². The van der Waals surface area contributed by atoms with Crippen LogP contribution in [0.5, 0.6) is 23.0 Å². The molecule has 2 heterocycles. The van der Waals surface area contributed by atoms with Gasteiger partial charge in [0.1, 0.15) is 29.6 Å². The summed E-state index contributed by atoms with van der Waals surface area (Å²) in [6, 6.07) is 18.5. The zero-order valence-corrected chi connectivity index (χ0v) is 20.0. The van der Waals surface area contributed by atoms with Crippen LogP contribution < -0.4 is 14.2 Å². The first-order valence-electron chi connectivity index (χ1n) is 11.8. The van der Waals surface area contributed by atoms with Crippen molar-refractivity contribution in [2.45, 2.75) is 30.9 Å². The lowest BCUT2D eigenvalue weighted by molar-refractivity contribution is 0.183. The number of thioether (sulfide) groups is 1. The molecule has 1 saturated heterocycles. The summed E-state index contributed by atoms with van der Waals surface area (Å²) in [4.78, 5) is 2.49. The molecule has 1 unspecified atom stereocenters. The molecule has 0 spiro atoms. The highest BCUT2D eigenvalue weighted by atomic mass is 32.2. The zero-order chi connectivity index (χ0) is 22.5. The molecule has 2 aliphatic rings. The number of benzene rings is 3. The summed E-state index contributed by atoms with van der Waals surface area (Å²) < 4.78 is 17.9. The number of nitrogens with zero attached hydrogens (tertiary/aromatic N) is 1. The quantitative estimate of drug-likeness (QED) is 0.354. The Morgan fingerprint density at radius 2 is 1.70 bits per heavy atom. The minimum Gasteiger partial charge on any atom is -0.497 e. The topological polar surface area (TPSA) is 30.9 Å². The summed E-state index contributed by atoms with van der Waals surface area (Å²) in [6.45, 7) is 4.12. The van der Waals surface area contributed by atoms with Gasteiger partial charge in [0, 0.05) is 22.7 Å². The van der Waals surface area contributed by atoms with Gasteiger partial charge in [-0.05, 0) is 85.6 Å². The van der Waals surface area contributed by atoms with E-state index >= 15 is 0 Å². The Morgan fingerprint density at radius 3 is 2.45 bits per heavy atom. The number of ether oxygens (including phenoxy) is 3. The summed E-state index contributed by atoms with van der Waals surface area (Å²) in [5, 5.41) is 4.77. The molecular weight excluding hydrogens is 430 g/mol. The van der Waals surface area contributed by atoms with Crippen molar-refractivity contribution in [3.05, 3.63) is 71.6 Å². The average molecular weight is 462 g/mol. The Bertz CT molecular complexity index is 1100. The summed E-state index contributed by atoms with van der Waals surface area (Å²) in [5.41, 5.74) is 1.23. The molecule has 1 fully saturated rings. The number of rotatable bonds is 8. The van der Waals surface area contributed by atoms with E-state index in [0.29, 0.717) is 5.25 Å². The number of methoxy groups -OCH3 is 1. The van der Waals surface area contributed by atoms with Gasteiger partial charge in [0.05, 0.1) is 7.11 Å². The number of likely N-dealkylation sites (tertiary alicyclic amines) is 1. The Morgan fingerprint density at radius 1 is 0.909 bits per heavy atom. The smallest absolute Gasteiger partial charge is 0.139 e. The third kappa shape index (κ3) is 5.31. The molecule has 0 aliphatic carbocycles. The molecule has 4 nitrogen and oxygen atoms in total. The van der Waals surface area contributed by atoms with Crippen molar-refractivity contribution in [3.63, 3.8) is 0 Å². The molecule has 3 aromatic rings. The van der Waals surface area contributed by atoms with Crippen molar-refractivity contribution in [2.24, 2.45) is 0 Å². The van der Waals surface area contributed by atoms with Gasteiger partial charge in [-0.3, -0.25) is 4.90 Å². The van der Waals surface area contributed by atoms with Gasteiger partial charge in [-0.15, -0.1) is 11.8 Å². The SMILES string of the molecule is COc1ccc2c(Oc3ccc(OCCN4CCCCC4)cc3)c(C3CC=CS3)ccc2c1. The second-order valence-corrected chi connectivity index (χ2v) is 9.74. The lowest BCUT2D eigenvalue weighted by atomic mass is 10.0. The fraction of sp³-hybridized carbons (Fsp3) is 0.357. The third-order valence-corrected chi connectivity index (χ3v) is 7.54. The molecule has 0 bridgehead atoms. The molecule has 0 saturated carbocycles. The van der Waals surface area contributed by atoms with E-state index in [-0.39, 0.29) is 0 Å². The van der Waals surface area contributed by atoms with Crippen LogP contribution in [0.3, 0.4) is 0 Å². The van der Waals surface area contributed by atoms with Crippen molar-refractivity contribution < 1.29 is 14.2 Å². The first-order valence-corrected chi connectivity index (χ1v) is 12.8. The first-order chi connectivity index (χ1) is 16.3. The normalized spacial score (nSPS) is 18.5. The van der Waals surface area contributed by atoms with Crippen molar-refractivity contribution >= 4 is 22.5 Å². The van der Waals surface area contributed by atoms with Gasteiger partial charge < -0.3 is 14.2 Å². The van der Waals surface area contributed by atoms with Gasteiger partial charge in [0.2, 0.25) is 0 Å². The fourth-order valence-electron chi connectivity index (χ4n) is 4.57. The highest BCUT2D eigenvalue weighted by molar-refractivity contribution is 8.02. The molecule has 0 radical (unpaired) electrons. The monoisotopic (exact) mass is 461 g/mol. The third-order valence-electron chi connectivity index (χ3n) is 6.41. The molecule has 1 atom stereocenters. The minimum absolute atomic E-state index is 0.379. The van der Waals surface area contributed by atoms with Crippen LogP contribution >= 0.6 is 11.8 Å². The number of hydrogen-bond donors (Lipinski definition) is 0. The van der Waals surface area contributed by atoms with Crippen molar-refractivity contribution in [3.8, 4) is 23.0 Å². The average Bonchev–Trinajstić information content (AvgIpc) is 3.40. The van der Waals surface area contributed by atoms with E-state index in [4.69, 9.17) is 14.2 Å². The highest BCUT2D eigenvalue weighted by Gasteiger charge is 2.21. The van der Waals surface area contributed by atoms with Gasteiger partial charge in [0.25, 0.3) is 0 Å². The standard InChI is InChI=1S/C28H31NO3S/c1-30-24-12-14-25-21(20-24)7-13-26(27-6-5-19-33-27)28(25)32-23-10-8-22(9-11-23)31-18-17-29-15-3-2-4-16-29/h5,7-14,19-20,27H,2-4,6,15-18H2,1H3. The fourth-order valence-corrected chi connectivity index (χ4v) is 5.54. The Kier molecular flexibility index (Phi) is 7.08. The summed E-state index contributed by atoms with van der Waals surface area (Å²) in [5.74, 6) is 3.48. The maximum atomic E-state index is 6.52. The first kappa shape index (κ1) is 22.2. The molecule has 33 heavy (non-hydrogen) atoms. The number of hydrogen-bond acceptors (Lipinski definition) is 5. The molecule has 0 aromatic heterocycles. The van der Waals surface area contributed by atoms with Gasteiger partial charge in [-0.1, -0.05) is 24.6 Å². The van der Waals surface area contributed by atoms with Crippen molar-refractivity contribution in [2.75, 3.05) is 33.4 Å². The predicted octanol–water partition coefficient (Wildman–Crippen LogP) is 7.20. The molecule has 5 heteroatoms. The van der Waals surface area contributed by atoms with Crippen molar-refractivity contribution in [1.82, 2.24) is 4.90 Å². The van der Waals surface area contributed by atoms with Crippen molar-refractivity contribution in [1.29, 1.82) is 0 Å². The molecule has 5 rings (SSSR count). The number of piperidine rings is 1. The van der Waals surface area contributed by atoms with Crippen LogP contribution in [0.25, 0.3) is 10.8 Å². The maximum absolute atomic E-state index is 6.52.